The van der Waals surface area contributed by atoms with Gasteiger partial charge in [0.2, 0.25) is 0 Å². The predicted octanol–water partition coefficient (Wildman–Crippen LogP) is 1.48. The Morgan fingerprint density at radius 1 is 1.69 bits per heavy atom. The van der Waals surface area contributed by atoms with Gasteiger partial charge in [-0.15, -0.1) is 6.58 Å². The van der Waals surface area contributed by atoms with Crippen LogP contribution in [-0.2, 0) is 13.6 Å². The third-order valence-electron chi connectivity index (χ3n) is 1.97. The van der Waals surface area contributed by atoms with Gasteiger partial charge in [-0.2, -0.15) is 0 Å². The number of nitrogens with zero attached hydrogens (tertiary/aromatic N) is 2. The van der Waals surface area contributed by atoms with Crippen LogP contribution in [-0.4, -0.2) is 16.1 Å². The number of hydrogen-bond acceptors (Lipinski definition) is 2. The molecule has 0 fully saturated rings. The van der Waals surface area contributed by atoms with Gasteiger partial charge in [-0.25, -0.2) is 4.98 Å². The second-order valence-corrected chi connectivity index (χ2v) is 3.06. The van der Waals surface area contributed by atoms with E-state index in [0.717, 1.165) is 31.8 Å². The lowest BCUT2D eigenvalue weighted by atomic mass is 10.3. The zero-order valence-corrected chi connectivity index (χ0v) is 8.16. The lowest BCUT2D eigenvalue weighted by Gasteiger charge is -2.03. The van der Waals surface area contributed by atoms with Crippen LogP contribution in [0.25, 0.3) is 0 Å². The zero-order valence-electron chi connectivity index (χ0n) is 8.16. The van der Waals surface area contributed by atoms with Gasteiger partial charge in [-0.3, -0.25) is 0 Å². The average Bonchev–Trinajstić information content (AvgIpc) is 2.52. The molecule has 1 N–H and O–H groups in total. The van der Waals surface area contributed by atoms with E-state index in [1.54, 1.807) is 0 Å². The Morgan fingerprint density at radius 3 is 3.15 bits per heavy atom. The molecule has 0 amide bonds. The summed E-state index contributed by atoms with van der Waals surface area (Å²) in [5.74, 6) is 1.08. The van der Waals surface area contributed by atoms with Gasteiger partial charge in [0.05, 0.1) is 6.54 Å². The van der Waals surface area contributed by atoms with Crippen LogP contribution in [0.3, 0.4) is 0 Å². The summed E-state index contributed by atoms with van der Waals surface area (Å²) in [6, 6.07) is 0. The van der Waals surface area contributed by atoms with Gasteiger partial charge in [-0.1, -0.05) is 6.08 Å². The van der Waals surface area contributed by atoms with Crippen LogP contribution >= 0.6 is 0 Å². The van der Waals surface area contributed by atoms with E-state index in [9.17, 15) is 0 Å². The van der Waals surface area contributed by atoms with E-state index in [-0.39, 0.29) is 0 Å². The van der Waals surface area contributed by atoms with Crippen molar-refractivity contribution in [3.63, 3.8) is 0 Å². The Kier molecular flexibility index (Phi) is 4.26. The van der Waals surface area contributed by atoms with E-state index < -0.39 is 0 Å². The molecule has 72 valence electrons. The molecule has 0 bridgehead atoms. The molecule has 0 aliphatic heterocycles. The largest absolute Gasteiger partial charge is 0.337 e. The van der Waals surface area contributed by atoms with Gasteiger partial charge in [0.15, 0.2) is 0 Å². The van der Waals surface area contributed by atoms with Gasteiger partial charge in [0.25, 0.3) is 0 Å². The molecule has 0 unspecified atom stereocenters. The summed E-state index contributed by atoms with van der Waals surface area (Å²) < 4.78 is 2.03. The summed E-state index contributed by atoms with van der Waals surface area (Å²) in [4.78, 5) is 4.21. The number of hydrogen-bond donors (Lipinski definition) is 1. The first-order valence-electron chi connectivity index (χ1n) is 4.62. The van der Waals surface area contributed by atoms with Crippen LogP contribution in [0.15, 0.2) is 25.0 Å². The molecule has 1 aromatic rings. The smallest absolute Gasteiger partial charge is 0.122 e. The topological polar surface area (TPSA) is 29.9 Å². The summed E-state index contributed by atoms with van der Waals surface area (Å²) in [6.45, 7) is 5.55. The van der Waals surface area contributed by atoms with Gasteiger partial charge in [0, 0.05) is 19.4 Å². The highest BCUT2D eigenvalue weighted by molar-refractivity contribution is 4.90. The number of imidazole rings is 1. The fourth-order valence-electron chi connectivity index (χ4n) is 1.14. The van der Waals surface area contributed by atoms with Gasteiger partial charge in [0.1, 0.15) is 5.82 Å². The van der Waals surface area contributed by atoms with Crippen molar-refractivity contribution in [2.24, 2.45) is 7.05 Å². The summed E-state index contributed by atoms with van der Waals surface area (Å²) in [5.41, 5.74) is 0. The third-order valence-corrected chi connectivity index (χ3v) is 1.97. The van der Waals surface area contributed by atoms with Crippen LogP contribution in [0.2, 0.25) is 0 Å². The number of allylic oxidation sites excluding steroid dienone is 1. The van der Waals surface area contributed by atoms with E-state index in [1.807, 2.05) is 30.1 Å². The minimum absolute atomic E-state index is 0.848. The van der Waals surface area contributed by atoms with Crippen LogP contribution in [0, 0.1) is 0 Å². The van der Waals surface area contributed by atoms with Crippen LogP contribution in [0.1, 0.15) is 18.7 Å². The monoisotopic (exact) mass is 179 g/mol. The Morgan fingerprint density at radius 2 is 2.54 bits per heavy atom. The Balaban J connectivity index is 2.13. The van der Waals surface area contributed by atoms with Crippen molar-refractivity contribution in [1.82, 2.24) is 14.9 Å². The molecule has 3 nitrogen and oxygen atoms in total. The van der Waals surface area contributed by atoms with Crippen LogP contribution in [0.4, 0.5) is 0 Å². The first kappa shape index (κ1) is 9.99. The molecule has 3 heteroatoms. The average molecular weight is 179 g/mol. The summed E-state index contributed by atoms with van der Waals surface area (Å²) in [7, 11) is 2.01. The summed E-state index contributed by atoms with van der Waals surface area (Å²) >= 11 is 0. The lowest BCUT2D eigenvalue weighted by Crippen LogP contribution is -2.17. The van der Waals surface area contributed by atoms with Gasteiger partial charge < -0.3 is 9.88 Å². The van der Waals surface area contributed by atoms with Crippen LogP contribution < -0.4 is 5.32 Å². The van der Waals surface area contributed by atoms with Crippen molar-refractivity contribution in [1.29, 1.82) is 0 Å². The fraction of sp³-hybridized carbons (Fsp3) is 0.500. The van der Waals surface area contributed by atoms with Crippen molar-refractivity contribution in [2.75, 3.05) is 6.54 Å². The molecule has 0 aliphatic carbocycles. The summed E-state index contributed by atoms with van der Waals surface area (Å²) in [5, 5.41) is 3.33. The number of rotatable bonds is 6. The maximum absolute atomic E-state index is 4.21. The fourth-order valence-corrected chi connectivity index (χ4v) is 1.14. The molecular formula is C10H17N3. The number of nitrogens with one attached hydrogen (secondary N) is 1. The normalized spacial score (nSPS) is 10.2. The van der Waals surface area contributed by atoms with E-state index >= 15 is 0 Å². The molecule has 1 aromatic heterocycles. The molecule has 0 aromatic carbocycles. The van der Waals surface area contributed by atoms with E-state index in [0.29, 0.717) is 0 Å². The van der Waals surface area contributed by atoms with Gasteiger partial charge in [-0.05, 0) is 19.4 Å². The number of aryl methyl sites for hydroxylation is 1. The van der Waals surface area contributed by atoms with Crippen LogP contribution in [0.5, 0.6) is 0 Å². The molecule has 0 atom stereocenters. The SMILES string of the molecule is C=CCCCNCc1nccn1C. The van der Waals surface area contributed by atoms with Crippen molar-refractivity contribution < 1.29 is 0 Å². The standard InChI is InChI=1S/C10H17N3/c1-3-4-5-6-11-9-10-12-7-8-13(10)2/h3,7-8,11H,1,4-6,9H2,2H3. The number of aromatic nitrogens is 2. The Bertz CT molecular complexity index is 252. The molecule has 1 heterocycles. The molecule has 13 heavy (non-hydrogen) atoms. The van der Waals surface area contributed by atoms with Crippen molar-refractivity contribution in [2.45, 2.75) is 19.4 Å². The highest BCUT2D eigenvalue weighted by atomic mass is 15.1. The quantitative estimate of drug-likeness (QED) is 0.529. The van der Waals surface area contributed by atoms with Gasteiger partial charge >= 0.3 is 0 Å². The molecular weight excluding hydrogens is 162 g/mol. The Hall–Kier alpha value is -1.09. The number of unbranched alkanes of at least 4 members (excludes halogenated alkanes) is 1. The predicted molar refractivity (Wildman–Crippen MR) is 54.3 cm³/mol. The van der Waals surface area contributed by atoms with E-state index in [1.165, 1.54) is 0 Å². The lowest BCUT2D eigenvalue weighted by molar-refractivity contribution is 0.617. The molecule has 0 saturated carbocycles. The minimum Gasteiger partial charge on any atom is -0.337 e. The second-order valence-electron chi connectivity index (χ2n) is 3.06. The third kappa shape index (κ3) is 3.42. The molecule has 0 saturated heterocycles. The van der Waals surface area contributed by atoms with E-state index in [4.69, 9.17) is 0 Å². The van der Waals surface area contributed by atoms with Crippen molar-refractivity contribution >= 4 is 0 Å². The molecule has 1 rings (SSSR count). The summed E-state index contributed by atoms with van der Waals surface area (Å²) in [6.07, 6.45) is 7.95. The highest BCUT2D eigenvalue weighted by Gasteiger charge is 1.96. The Labute approximate surface area is 79.5 Å². The van der Waals surface area contributed by atoms with E-state index in [2.05, 4.69) is 16.9 Å². The molecule has 0 aliphatic rings. The first-order valence-corrected chi connectivity index (χ1v) is 4.62. The maximum Gasteiger partial charge on any atom is 0.122 e. The minimum atomic E-state index is 0.848. The molecule has 0 spiro atoms. The van der Waals surface area contributed by atoms with Crippen molar-refractivity contribution in [3.8, 4) is 0 Å². The first-order chi connectivity index (χ1) is 6.34. The second kappa shape index (κ2) is 5.54. The molecule has 0 radical (unpaired) electrons. The zero-order chi connectivity index (χ0) is 9.52. The maximum atomic E-state index is 4.21. The highest BCUT2D eigenvalue weighted by Crippen LogP contribution is 1.93. The van der Waals surface area contributed by atoms with Crippen molar-refractivity contribution in [3.05, 3.63) is 30.9 Å².